The van der Waals surface area contributed by atoms with Crippen molar-refractivity contribution in [2.75, 3.05) is 46.5 Å². The smallest absolute Gasteiger partial charge is 0.253 e. The highest BCUT2D eigenvalue weighted by Gasteiger charge is 2.27. The number of nitrogens with one attached hydrogen (secondary N) is 2. The molecule has 31 heavy (non-hydrogen) atoms. The first-order chi connectivity index (χ1) is 14.3. The van der Waals surface area contributed by atoms with Crippen molar-refractivity contribution in [3.05, 3.63) is 35.4 Å². The monoisotopic (exact) mass is 565 g/mol. The number of nitrogens with zero attached hydrogens (tertiary/aromatic N) is 3. The molecule has 0 bridgehead atoms. The molecule has 0 saturated carbocycles. The fraction of sp³-hybridized carbons (Fsp3) is 0.619. The van der Waals surface area contributed by atoms with Crippen LogP contribution in [-0.4, -0.2) is 82.1 Å². The van der Waals surface area contributed by atoms with Crippen LogP contribution in [-0.2, 0) is 16.4 Å². The van der Waals surface area contributed by atoms with Crippen molar-refractivity contribution in [3.8, 4) is 0 Å². The maximum Gasteiger partial charge on any atom is 0.253 e. The summed E-state index contributed by atoms with van der Waals surface area (Å²) in [5.41, 5.74) is 1.77. The highest BCUT2D eigenvalue weighted by atomic mass is 127. The van der Waals surface area contributed by atoms with Gasteiger partial charge in [0.15, 0.2) is 5.96 Å². The molecule has 0 atom stereocenters. The second kappa shape index (κ2) is 13.2. The zero-order valence-electron chi connectivity index (χ0n) is 18.9. The van der Waals surface area contributed by atoms with Gasteiger partial charge in [-0.1, -0.05) is 19.1 Å². The molecular formula is C21H36IN5O3S. The Morgan fingerprint density at radius 3 is 2.52 bits per heavy atom. The van der Waals surface area contributed by atoms with Crippen LogP contribution >= 0.6 is 24.0 Å². The SMILES string of the molecule is CCCS(=O)(=O)N1CCC(NC(=NC)NCCc2cccc(C(=O)N(C)C)c2)CC1.I. The molecule has 2 N–H and O–H groups in total. The lowest BCUT2D eigenvalue weighted by molar-refractivity contribution is 0.0827. The Morgan fingerprint density at radius 2 is 1.94 bits per heavy atom. The summed E-state index contributed by atoms with van der Waals surface area (Å²) < 4.78 is 26.0. The first kappa shape index (κ1) is 27.6. The van der Waals surface area contributed by atoms with Gasteiger partial charge < -0.3 is 15.5 Å². The molecule has 0 aliphatic carbocycles. The Labute approximate surface area is 203 Å². The second-order valence-electron chi connectivity index (χ2n) is 7.78. The number of sulfonamides is 1. The third kappa shape index (κ3) is 8.57. The van der Waals surface area contributed by atoms with E-state index in [4.69, 9.17) is 0 Å². The number of benzene rings is 1. The zero-order valence-corrected chi connectivity index (χ0v) is 22.1. The van der Waals surface area contributed by atoms with Crippen molar-refractivity contribution in [2.45, 2.75) is 38.6 Å². The zero-order chi connectivity index (χ0) is 22.1. The van der Waals surface area contributed by atoms with E-state index in [1.54, 1.807) is 30.3 Å². The molecule has 10 heteroatoms. The fourth-order valence-corrected chi connectivity index (χ4v) is 5.04. The number of rotatable bonds is 8. The minimum absolute atomic E-state index is 0. The third-order valence-electron chi connectivity index (χ3n) is 5.16. The van der Waals surface area contributed by atoms with Gasteiger partial charge in [-0.15, -0.1) is 24.0 Å². The quantitative estimate of drug-likeness (QED) is 0.286. The lowest BCUT2D eigenvalue weighted by atomic mass is 10.1. The summed E-state index contributed by atoms with van der Waals surface area (Å²) in [5, 5.41) is 6.71. The van der Waals surface area contributed by atoms with Gasteiger partial charge in [0.2, 0.25) is 10.0 Å². The lowest BCUT2D eigenvalue weighted by Gasteiger charge is -2.32. The lowest BCUT2D eigenvalue weighted by Crippen LogP contribution is -2.50. The maximum atomic E-state index is 12.2. The van der Waals surface area contributed by atoms with E-state index in [2.05, 4.69) is 15.6 Å². The fourth-order valence-electron chi connectivity index (χ4n) is 3.50. The van der Waals surface area contributed by atoms with E-state index < -0.39 is 10.0 Å². The van der Waals surface area contributed by atoms with Gasteiger partial charge in [0.05, 0.1) is 5.75 Å². The number of halogens is 1. The van der Waals surface area contributed by atoms with Crippen LogP contribution in [0.3, 0.4) is 0 Å². The first-order valence-corrected chi connectivity index (χ1v) is 12.1. The van der Waals surface area contributed by atoms with Crippen LogP contribution in [0, 0.1) is 0 Å². The van der Waals surface area contributed by atoms with Gasteiger partial charge >= 0.3 is 0 Å². The minimum atomic E-state index is -3.12. The highest BCUT2D eigenvalue weighted by molar-refractivity contribution is 14.0. The predicted molar refractivity (Wildman–Crippen MR) is 137 cm³/mol. The molecule has 1 amide bonds. The molecule has 2 rings (SSSR count). The van der Waals surface area contributed by atoms with Crippen molar-refractivity contribution in [2.24, 2.45) is 4.99 Å². The van der Waals surface area contributed by atoms with Crippen LogP contribution in [0.15, 0.2) is 29.3 Å². The van der Waals surface area contributed by atoms with E-state index >= 15 is 0 Å². The third-order valence-corrected chi connectivity index (χ3v) is 7.24. The van der Waals surface area contributed by atoms with Crippen molar-refractivity contribution >= 4 is 45.9 Å². The Kier molecular flexibility index (Phi) is 11.8. The molecule has 0 aromatic heterocycles. The number of carbonyl (C=O) groups is 1. The van der Waals surface area contributed by atoms with E-state index in [0.29, 0.717) is 37.6 Å². The van der Waals surface area contributed by atoms with Gasteiger partial charge in [0.1, 0.15) is 0 Å². The summed E-state index contributed by atoms with van der Waals surface area (Å²) in [6.45, 7) is 3.66. The summed E-state index contributed by atoms with van der Waals surface area (Å²) in [4.78, 5) is 18.0. The van der Waals surface area contributed by atoms with Crippen molar-refractivity contribution in [3.63, 3.8) is 0 Å². The van der Waals surface area contributed by atoms with Gasteiger partial charge in [-0.2, -0.15) is 0 Å². The second-order valence-corrected chi connectivity index (χ2v) is 9.87. The Hall–Kier alpha value is -1.40. The van der Waals surface area contributed by atoms with E-state index in [0.717, 1.165) is 24.8 Å². The Morgan fingerprint density at radius 1 is 1.26 bits per heavy atom. The highest BCUT2D eigenvalue weighted by Crippen LogP contribution is 2.15. The molecule has 1 aromatic rings. The van der Waals surface area contributed by atoms with Gasteiger partial charge in [0, 0.05) is 52.4 Å². The van der Waals surface area contributed by atoms with Crippen LogP contribution in [0.5, 0.6) is 0 Å². The molecule has 1 heterocycles. The van der Waals surface area contributed by atoms with Crippen LogP contribution < -0.4 is 10.6 Å². The van der Waals surface area contributed by atoms with Crippen LogP contribution in [0.4, 0.5) is 0 Å². The van der Waals surface area contributed by atoms with Gasteiger partial charge in [-0.25, -0.2) is 12.7 Å². The molecule has 0 radical (unpaired) electrons. The van der Waals surface area contributed by atoms with E-state index in [1.807, 2.05) is 31.2 Å². The summed E-state index contributed by atoms with van der Waals surface area (Å²) >= 11 is 0. The van der Waals surface area contributed by atoms with Crippen molar-refractivity contribution < 1.29 is 13.2 Å². The summed E-state index contributed by atoms with van der Waals surface area (Å²) in [5.74, 6) is 0.926. The van der Waals surface area contributed by atoms with Gasteiger partial charge in [0.25, 0.3) is 5.91 Å². The number of aliphatic imine (C=N–C) groups is 1. The molecule has 1 fully saturated rings. The largest absolute Gasteiger partial charge is 0.356 e. The molecular weight excluding hydrogens is 529 g/mol. The number of hydrogen-bond donors (Lipinski definition) is 2. The molecule has 1 aromatic carbocycles. The Bertz CT molecular complexity index is 837. The summed E-state index contributed by atoms with van der Waals surface area (Å²) in [6, 6.07) is 7.86. The van der Waals surface area contributed by atoms with E-state index in [-0.39, 0.29) is 41.7 Å². The topological polar surface area (TPSA) is 94.1 Å². The van der Waals surface area contributed by atoms with Crippen molar-refractivity contribution in [1.29, 1.82) is 0 Å². The molecule has 0 spiro atoms. The van der Waals surface area contributed by atoms with E-state index in [1.165, 1.54) is 0 Å². The number of carbonyl (C=O) groups excluding carboxylic acids is 1. The van der Waals surface area contributed by atoms with Gasteiger partial charge in [-0.05, 0) is 43.4 Å². The van der Waals surface area contributed by atoms with Gasteiger partial charge in [-0.3, -0.25) is 9.79 Å². The Balaban J connectivity index is 0.00000480. The average Bonchev–Trinajstić information content (AvgIpc) is 2.73. The molecule has 176 valence electrons. The first-order valence-electron chi connectivity index (χ1n) is 10.5. The summed E-state index contributed by atoms with van der Waals surface area (Å²) in [7, 11) is 2.10. The number of amides is 1. The standard InChI is InChI=1S/C21H35N5O3S.HI/c1-5-15-30(28,29)26-13-10-19(11-14-26)24-21(22-2)23-12-9-17-7-6-8-18(16-17)20(27)25(3)4;/h6-8,16,19H,5,9-15H2,1-4H3,(H2,22,23,24);1H. The normalized spacial score (nSPS) is 15.8. The molecule has 0 unspecified atom stereocenters. The van der Waals surface area contributed by atoms with Crippen molar-refractivity contribution in [1.82, 2.24) is 19.8 Å². The van der Waals surface area contributed by atoms with Crippen LogP contribution in [0.25, 0.3) is 0 Å². The average molecular weight is 566 g/mol. The number of hydrogen-bond acceptors (Lipinski definition) is 4. The molecule has 1 aliphatic rings. The van der Waals surface area contributed by atoms with E-state index in [9.17, 15) is 13.2 Å². The van der Waals surface area contributed by atoms with Crippen LogP contribution in [0.2, 0.25) is 0 Å². The molecule has 1 saturated heterocycles. The molecule has 8 nitrogen and oxygen atoms in total. The predicted octanol–water partition coefficient (Wildman–Crippen LogP) is 1.92. The minimum Gasteiger partial charge on any atom is -0.356 e. The van der Waals surface area contributed by atoms with Crippen LogP contribution in [0.1, 0.15) is 42.1 Å². The number of piperidine rings is 1. The maximum absolute atomic E-state index is 12.2. The summed E-state index contributed by atoms with van der Waals surface area (Å²) in [6.07, 6.45) is 2.93. The molecule has 1 aliphatic heterocycles. The number of guanidine groups is 1.